The maximum atomic E-state index is 14.1. The Bertz CT molecular complexity index is 1020. The zero-order valence-electron chi connectivity index (χ0n) is 16.2. The fourth-order valence-corrected chi connectivity index (χ4v) is 3.38. The van der Waals surface area contributed by atoms with Gasteiger partial charge in [-0.05, 0) is 18.1 Å². The fourth-order valence-electron chi connectivity index (χ4n) is 3.38. The Morgan fingerprint density at radius 1 is 1.28 bits per heavy atom. The standard InChI is InChI=1S/C21H21FN4O3/c1-12(2)3-16-7-19(26-29-16)21(27)25-10-17-5-13-4-15(22)6-18(20(13)28-17)14-8-23-11-24-9-14/h4,6-9,11-12,17H,3,5,10H2,1-2H3,(H,25,27)/t17-/m1/s1. The van der Waals surface area contributed by atoms with E-state index >= 15 is 0 Å². The van der Waals surface area contributed by atoms with E-state index in [0.29, 0.717) is 35.0 Å². The maximum absolute atomic E-state index is 14.1. The smallest absolute Gasteiger partial charge is 0.273 e. The number of carbonyl (C=O) groups is 1. The first kappa shape index (κ1) is 19.0. The quantitative estimate of drug-likeness (QED) is 0.688. The molecule has 8 heteroatoms. The van der Waals surface area contributed by atoms with E-state index in [1.54, 1.807) is 18.5 Å². The Morgan fingerprint density at radius 3 is 2.83 bits per heavy atom. The number of halogens is 1. The Labute approximate surface area is 167 Å². The summed E-state index contributed by atoms with van der Waals surface area (Å²) in [4.78, 5) is 20.3. The van der Waals surface area contributed by atoms with E-state index in [4.69, 9.17) is 9.26 Å². The lowest BCUT2D eigenvalue weighted by Crippen LogP contribution is -2.34. The molecule has 29 heavy (non-hydrogen) atoms. The maximum Gasteiger partial charge on any atom is 0.273 e. The van der Waals surface area contributed by atoms with Gasteiger partial charge in [0.05, 0.1) is 6.54 Å². The Morgan fingerprint density at radius 2 is 2.07 bits per heavy atom. The predicted octanol–water partition coefficient (Wildman–Crippen LogP) is 3.20. The monoisotopic (exact) mass is 396 g/mol. The zero-order valence-corrected chi connectivity index (χ0v) is 16.2. The molecule has 0 saturated carbocycles. The molecule has 4 rings (SSSR count). The van der Waals surface area contributed by atoms with Crippen molar-refractivity contribution in [3.8, 4) is 16.9 Å². The molecule has 3 heterocycles. The summed E-state index contributed by atoms with van der Waals surface area (Å²) in [5, 5.41) is 6.64. The molecule has 0 saturated heterocycles. The predicted molar refractivity (Wildman–Crippen MR) is 103 cm³/mol. The summed E-state index contributed by atoms with van der Waals surface area (Å²) in [5.74, 6) is 1.01. The second kappa shape index (κ2) is 7.98. The molecule has 1 N–H and O–H groups in total. The van der Waals surface area contributed by atoms with E-state index in [9.17, 15) is 9.18 Å². The molecule has 0 fully saturated rings. The molecular weight excluding hydrogens is 375 g/mol. The summed E-state index contributed by atoms with van der Waals surface area (Å²) in [6, 6.07) is 4.52. The molecule has 0 unspecified atom stereocenters. The van der Waals surface area contributed by atoms with Crippen LogP contribution in [0.2, 0.25) is 0 Å². The second-order valence-corrected chi connectivity index (χ2v) is 7.50. The zero-order chi connectivity index (χ0) is 20.4. The van der Waals surface area contributed by atoms with Crippen molar-refractivity contribution in [2.45, 2.75) is 32.8 Å². The van der Waals surface area contributed by atoms with Gasteiger partial charge in [0.2, 0.25) is 0 Å². The average Bonchev–Trinajstić information content (AvgIpc) is 3.32. The third kappa shape index (κ3) is 4.26. The van der Waals surface area contributed by atoms with Crippen LogP contribution >= 0.6 is 0 Å². The van der Waals surface area contributed by atoms with Crippen LogP contribution in [0.4, 0.5) is 4.39 Å². The summed E-state index contributed by atoms with van der Waals surface area (Å²) < 4.78 is 25.3. The number of benzene rings is 1. The van der Waals surface area contributed by atoms with Crippen LogP contribution in [0, 0.1) is 11.7 Å². The summed E-state index contributed by atoms with van der Waals surface area (Å²) in [5.41, 5.74) is 2.27. The van der Waals surface area contributed by atoms with E-state index in [1.807, 2.05) is 0 Å². The van der Waals surface area contributed by atoms with Gasteiger partial charge in [-0.15, -0.1) is 0 Å². The van der Waals surface area contributed by atoms with E-state index in [0.717, 1.165) is 12.0 Å². The van der Waals surface area contributed by atoms with Gasteiger partial charge >= 0.3 is 0 Å². The minimum atomic E-state index is -0.351. The van der Waals surface area contributed by atoms with Gasteiger partial charge < -0.3 is 14.6 Å². The number of hydrogen-bond donors (Lipinski definition) is 1. The number of nitrogens with one attached hydrogen (secondary N) is 1. The molecule has 1 aliphatic heterocycles. The first-order valence-corrected chi connectivity index (χ1v) is 9.48. The lowest BCUT2D eigenvalue weighted by atomic mass is 10.0. The molecule has 0 aliphatic carbocycles. The van der Waals surface area contributed by atoms with Gasteiger partial charge in [-0.1, -0.05) is 19.0 Å². The minimum absolute atomic E-state index is 0.240. The van der Waals surface area contributed by atoms with Gasteiger partial charge in [-0.25, -0.2) is 14.4 Å². The van der Waals surface area contributed by atoms with Crippen LogP contribution in [0.3, 0.4) is 0 Å². The number of nitrogens with zero attached hydrogens (tertiary/aromatic N) is 3. The van der Waals surface area contributed by atoms with Crippen LogP contribution in [0.5, 0.6) is 5.75 Å². The molecule has 0 radical (unpaired) electrons. The van der Waals surface area contributed by atoms with Crippen LogP contribution in [0.15, 0.2) is 41.4 Å². The topological polar surface area (TPSA) is 90.1 Å². The molecule has 7 nitrogen and oxygen atoms in total. The molecule has 2 aromatic heterocycles. The fraction of sp³-hybridized carbons (Fsp3) is 0.333. The van der Waals surface area contributed by atoms with Gasteiger partial charge in [0.15, 0.2) is 5.69 Å². The van der Waals surface area contributed by atoms with Gasteiger partial charge in [0.1, 0.15) is 29.8 Å². The Kier molecular flexibility index (Phi) is 5.24. The Balaban J connectivity index is 1.42. The summed E-state index contributed by atoms with van der Waals surface area (Å²) in [6.45, 7) is 4.40. The van der Waals surface area contributed by atoms with Crippen LogP contribution in [0.25, 0.3) is 11.1 Å². The van der Waals surface area contributed by atoms with Gasteiger partial charge in [0.25, 0.3) is 5.91 Å². The lowest BCUT2D eigenvalue weighted by Gasteiger charge is -2.13. The highest BCUT2D eigenvalue weighted by atomic mass is 19.1. The number of rotatable bonds is 6. The van der Waals surface area contributed by atoms with Gasteiger partial charge in [-0.3, -0.25) is 4.79 Å². The second-order valence-electron chi connectivity index (χ2n) is 7.50. The van der Waals surface area contributed by atoms with E-state index in [1.165, 1.54) is 18.5 Å². The van der Waals surface area contributed by atoms with Crippen LogP contribution < -0.4 is 10.1 Å². The largest absolute Gasteiger partial charge is 0.487 e. The third-order valence-corrected chi connectivity index (χ3v) is 4.63. The third-order valence-electron chi connectivity index (χ3n) is 4.63. The lowest BCUT2D eigenvalue weighted by molar-refractivity contribution is 0.0924. The molecule has 1 aromatic carbocycles. The normalized spacial score (nSPS) is 15.2. The highest BCUT2D eigenvalue weighted by molar-refractivity contribution is 5.92. The van der Waals surface area contributed by atoms with Crippen LogP contribution in [-0.4, -0.2) is 33.7 Å². The van der Waals surface area contributed by atoms with E-state index in [2.05, 4.69) is 34.3 Å². The van der Waals surface area contributed by atoms with Crippen molar-refractivity contribution in [1.29, 1.82) is 0 Å². The average molecular weight is 396 g/mol. The van der Waals surface area contributed by atoms with Crippen molar-refractivity contribution >= 4 is 5.91 Å². The number of hydrogen-bond acceptors (Lipinski definition) is 6. The molecule has 150 valence electrons. The van der Waals surface area contributed by atoms with Crippen molar-refractivity contribution in [2.75, 3.05) is 6.54 Å². The highest BCUT2D eigenvalue weighted by Crippen LogP contribution is 2.39. The van der Waals surface area contributed by atoms with Crippen molar-refractivity contribution in [1.82, 2.24) is 20.4 Å². The molecule has 1 atom stereocenters. The SMILES string of the molecule is CC(C)Cc1cc(C(=O)NC[C@H]2Cc3cc(F)cc(-c4cncnc4)c3O2)no1. The van der Waals surface area contributed by atoms with Crippen LogP contribution in [-0.2, 0) is 12.8 Å². The molecule has 3 aromatic rings. The van der Waals surface area contributed by atoms with Crippen molar-refractivity contribution in [2.24, 2.45) is 5.92 Å². The number of carbonyl (C=O) groups excluding carboxylic acids is 1. The molecule has 1 amide bonds. The minimum Gasteiger partial charge on any atom is -0.487 e. The summed E-state index contributed by atoms with van der Waals surface area (Å²) >= 11 is 0. The number of aromatic nitrogens is 3. The van der Waals surface area contributed by atoms with Crippen molar-refractivity contribution in [3.63, 3.8) is 0 Å². The summed E-state index contributed by atoms with van der Waals surface area (Å²) in [6.07, 6.45) is 5.55. The molecule has 0 spiro atoms. The number of ether oxygens (including phenoxy) is 1. The van der Waals surface area contributed by atoms with Crippen molar-refractivity contribution < 1.29 is 18.4 Å². The number of amides is 1. The number of fused-ring (bicyclic) bond motifs is 1. The summed E-state index contributed by atoms with van der Waals surface area (Å²) in [7, 11) is 0. The first-order chi connectivity index (χ1) is 14.0. The van der Waals surface area contributed by atoms with E-state index < -0.39 is 0 Å². The highest BCUT2D eigenvalue weighted by Gasteiger charge is 2.28. The Hall–Kier alpha value is -3.29. The van der Waals surface area contributed by atoms with Crippen LogP contribution in [0.1, 0.15) is 35.7 Å². The first-order valence-electron chi connectivity index (χ1n) is 9.48. The van der Waals surface area contributed by atoms with Crippen molar-refractivity contribution in [3.05, 3.63) is 59.8 Å². The molecule has 1 aliphatic rings. The molecule has 0 bridgehead atoms. The molecular formula is C21H21FN4O3. The van der Waals surface area contributed by atoms with Gasteiger partial charge in [-0.2, -0.15) is 0 Å². The van der Waals surface area contributed by atoms with E-state index in [-0.39, 0.29) is 30.1 Å². The van der Waals surface area contributed by atoms with Gasteiger partial charge in [0, 0.05) is 48.0 Å².